The molecule has 0 bridgehead atoms. The van der Waals surface area contributed by atoms with Crippen LogP contribution in [0.25, 0.3) is 0 Å². The van der Waals surface area contributed by atoms with Crippen molar-refractivity contribution >= 4 is 5.78 Å². The van der Waals surface area contributed by atoms with Gasteiger partial charge in [-0.05, 0) is 24.5 Å². The van der Waals surface area contributed by atoms with Crippen LogP contribution in [-0.2, 0) is 0 Å². The first kappa shape index (κ1) is 13.9. The SMILES string of the molecule is CCCCC(CC)CC(=O)c1cnccc1C. The maximum Gasteiger partial charge on any atom is 0.164 e. The van der Waals surface area contributed by atoms with Gasteiger partial charge in [-0.2, -0.15) is 0 Å². The average molecular weight is 233 g/mol. The van der Waals surface area contributed by atoms with Gasteiger partial charge in [-0.15, -0.1) is 0 Å². The van der Waals surface area contributed by atoms with Gasteiger partial charge in [-0.1, -0.05) is 39.5 Å². The van der Waals surface area contributed by atoms with E-state index in [0.717, 1.165) is 24.0 Å². The summed E-state index contributed by atoms with van der Waals surface area (Å²) < 4.78 is 0. The Morgan fingerprint density at radius 2 is 2.18 bits per heavy atom. The third kappa shape index (κ3) is 4.29. The molecule has 0 aromatic carbocycles. The maximum atomic E-state index is 12.2. The molecular formula is C15H23NO. The first-order valence-electron chi connectivity index (χ1n) is 6.62. The summed E-state index contributed by atoms with van der Waals surface area (Å²) in [5.41, 5.74) is 1.83. The first-order chi connectivity index (χ1) is 8.19. The first-order valence-corrected chi connectivity index (χ1v) is 6.62. The molecule has 0 saturated heterocycles. The lowest BCUT2D eigenvalue weighted by molar-refractivity contribution is 0.0956. The van der Waals surface area contributed by atoms with Gasteiger partial charge in [-0.3, -0.25) is 9.78 Å². The minimum absolute atomic E-state index is 0.249. The van der Waals surface area contributed by atoms with Gasteiger partial charge in [0.1, 0.15) is 0 Å². The van der Waals surface area contributed by atoms with Crippen LogP contribution in [0.1, 0.15) is 61.9 Å². The van der Waals surface area contributed by atoms with Gasteiger partial charge in [0, 0.05) is 24.4 Å². The number of aromatic nitrogens is 1. The summed E-state index contributed by atoms with van der Waals surface area (Å²) in [6.07, 6.45) is 8.78. The molecule has 0 amide bonds. The van der Waals surface area contributed by atoms with Crippen molar-refractivity contribution in [1.29, 1.82) is 0 Å². The molecular weight excluding hydrogens is 210 g/mol. The molecule has 0 spiro atoms. The van der Waals surface area contributed by atoms with E-state index in [0.29, 0.717) is 12.3 Å². The Hall–Kier alpha value is -1.18. The molecule has 0 aliphatic heterocycles. The van der Waals surface area contributed by atoms with Gasteiger partial charge in [0.25, 0.3) is 0 Å². The number of pyridine rings is 1. The smallest absolute Gasteiger partial charge is 0.164 e. The highest BCUT2D eigenvalue weighted by Crippen LogP contribution is 2.20. The number of hydrogen-bond acceptors (Lipinski definition) is 2. The monoisotopic (exact) mass is 233 g/mol. The van der Waals surface area contributed by atoms with Crippen LogP contribution >= 0.6 is 0 Å². The second-order valence-corrected chi connectivity index (χ2v) is 4.73. The fraction of sp³-hybridized carbons (Fsp3) is 0.600. The summed E-state index contributed by atoms with van der Waals surface area (Å²) in [6.45, 7) is 6.34. The van der Waals surface area contributed by atoms with Gasteiger partial charge in [-0.25, -0.2) is 0 Å². The molecule has 1 aromatic heterocycles. The third-order valence-electron chi connectivity index (χ3n) is 3.36. The largest absolute Gasteiger partial charge is 0.294 e. The highest BCUT2D eigenvalue weighted by atomic mass is 16.1. The van der Waals surface area contributed by atoms with Crippen LogP contribution in [0.4, 0.5) is 0 Å². The molecule has 1 heterocycles. The lowest BCUT2D eigenvalue weighted by Gasteiger charge is -2.13. The van der Waals surface area contributed by atoms with Crippen molar-refractivity contribution in [3.8, 4) is 0 Å². The number of ketones is 1. The number of nitrogens with zero attached hydrogens (tertiary/aromatic N) is 1. The topological polar surface area (TPSA) is 30.0 Å². The summed E-state index contributed by atoms with van der Waals surface area (Å²) in [4.78, 5) is 16.2. The lowest BCUT2D eigenvalue weighted by atomic mass is 9.91. The van der Waals surface area contributed by atoms with Crippen molar-refractivity contribution in [2.45, 2.75) is 52.9 Å². The fourth-order valence-electron chi connectivity index (χ4n) is 2.07. The van der Waals surface area contributed by atoms with E-state index in [4.69, 9.17) is 0 Å². The van der Waals surface area contributed by atoms with Gasteiger partial charge in [0.05, 0.1) is 0 Å². The molecule has 2 nitrogen and oxygen atoms in total. The van der Waals surface area contributed by atoms with E-state index in [9.17, 15) is 4.79 Å². The summed E-state index contributed by atoms with van der Waals surface area (Å²) in [5.74, 6) is 0.778. The van der Waals surface area contributed by atoms with Gasteiger partial charge < -0.3 is 0 Å². The fourth-order valence-corrected chi connectivity index (χ4v) is 2.07. The van der Waals surface area contributed by atoms with E-state index in [1.807, 2.05) is 13.0 Å². The second-order valence-electron chi connectivity index (χ2n) is 4.73. The second kappa shape index (κ2) is 7.21. The molecule has 0 radical (unpaired) electrons. The van der Waals surface area contributed by atoms with Crippen LogP contribution in [0.3, 0.4) is 0 Å². The van der Waals surface area contributed by atoms with E-state index in [2.05, 4.69) is 18.8 Å². The van der Waals surface area contributed by atoms with Crippen LogP contribution in [0.2, 0.25) is 0 Å². The molecule has 1 aromatic rings. The van der Waals surface area contributed by atoms with Crippen LogP contribution < -0.4 is 0 Å². The van der Waals surface area contributed by atoms with E-state index in [1.165, 1.54) is 12.8 Å². The maximum absolute atomic E-state index is 12.2. The van der Waals surface area contributed by atoms with Gasteiger partial charge in [0.2, 0.25) is 0 Å². The summed E-state index contributed by atoms with van der Waals surface area (Å²) in [7, 11) is 0. The quantitative estimate of drug-likeness (QED) is 0.661. The Labute approximate surface area is 104 Å². The average Bonchev–Trinajstić information content (AvgIpc) is 2.34. The molecule has 0 saturated carbocycles. The highest BCUT2D eigenvalue weighted by molar-refractivity contribution is 5.97. The number of unbranched alkanes of at least 4 members (excludes halogenated alkanes) is 1. The van der Waals surface area contributed by atoms with Crippen LogP contribution in [0, 0.1) is 12.8 Å². The van der Waals surface area contributed by atoms with Crippen molar-refractivity contribution in [3.05, 3.63) is 29.6 Å². The predicted octanol–water partition coefficient (Wildman–Crippen LogP) is 4.18. The zero-order valence-electron chi connectivity index (χ0n) is 11.2. The Bertz CT molecular complexity index is 360. The Balaban J connectivity index is 2.61. The number of rotatable bonds is 7. The van der Waals surface area contributed by atoms with Gasteiger partial charge in [0.15, 0.2) is 5.78 Å². The molecule has 0 aliphatic rings. The number of hydrogen-bond donors (Lipinski definition) is 0. The van der Waals surface area contributed by atoms with Gasteiger partial charge >= 0.3 is 0 Å². The summed E-state index contributed by atoms with van der Waals surface area (Å²) in [6, 6.07) is 1.90. The van der Waals surface area contributed by atoms with Crippen molar-refractivity contribution in [2.75, 3.05) is 0 Å². The van der Waals surface area contributed by atoms with Crippen LogP contribution in [0.5, 0.6) is 0 Å². The zero-order valence-corrected chi connectivity index (χ0v) is 11.2. The Morgan fingerprint density at radius 1 is 1.41 bits per heavy atom. The Morgan fingerprint density at radius 3 is 2.76 bits per heavy atom. The highest BCUT2D eigenvalue weighted by Gasteiger charge is 2.15. The predicted molar refractivity (Wildman–Crippen MR) is 71.2 cm³/mol. The molecule has 17 heavy (non-hydrogen) atoms. The number of Topliss-reactive ketones (excluding diaryl/α,β-unsaturated/α-hetero) is 1. The summed E-state index contributed by atoms with van der Waals surface area (Å²) in [5, 5.41) is 0. The van der Waals surface area contributed by atoms with Crippen molar-refractivity contribution in [1.82, 2.24) is 4.98 Å². The molecule has 2 heteroatoms. The number of carbonyl (C=O) groups is 1. The molecule has 0 fully saturated rings. The zero-order chi connectivity index (χ0) is 12.7. The number of aryl methyl sites for hydroxylation is 1. The van der Waals surface area contributed by atoms with Crippen molar-refractivity contribution in [3.63, 3.8) is 0 Å². The van der Waals surface area contributed by atoms with E-state index in [1.54, 1.807) is 12.4 Å². The normalized spacial score (nSPS) is 12.4. The molecule has 0 aliphatic carbocycles. The van der Waals surface area contributed by atoms with Crippen molar-refractivity contribution in [2.24, 2.45) is 5.92 Å². The van der Waals surface area contributed by atoms with Crippen LogP contribution in [-0.4, -0.2) is 10.8 Å². The Kier molecular flexibility index (Phi) is 5.88. The minimum Gasteiger partial charge on any atom is -0.294 e. The number of carbonyl (C=O) groups excluding carboxylic acids is 1. The molecule has 1 rings (SSSR count). The molecule has 0 N–H and O–H groups in total. The lowest BCUT2D eigenvalue weighted by Crippen LogP contribution is -2.10. The minimum atomic E-state index is 0.249. The van der Waals surface area contributed by atoms with E-state index in [-0.39, 0.29) is 5.78 Å². The third-order valence-corrected chi connectivity index (χ3v) is 3.36. The van der Waals surface area contributed by atoms with E-state index < -0.39 is 0 Å². The van der Waals surface area contributed by atoms with Crippen LogP contribution in [0.15, 0.2) is 18.5 Å². The molecule has 1 unspecified atom stereocenters. The molecule has 94 valence electrons. The molecule has 1 atom stereocenters. The van der Waals surface area contributed by atoms with E-state index >= 15 is 0 Å². The standard InChI is InChI=1S/C15H23NO/c1-4-6-7-13(5-2)10-15(17)14-11-16-9-8-12(14)3/h8-9,11,13H,4-7,10H2,1-3H3. The van der Waals surface area contributed by atoms with Crippen molar-refractivity contribution < 1.29 is 4.79 Å². The summed E-state index contributed by atoms with van der Waals surface area (Å²) >= 11 is 0.